The highest BCUT2D eigenvalue weighted by molar-refractivity contribution is 9.10. The van der Waals surface area contributed by atoms with Crippen molar-refractivity contribution in [3.05, 3.63) is 92.2 Å². The zero-order valence-electron chi connectivity index (χ0n) is 17.0. The van der Waals surface area contributed by atoms with Crippen molar-refractivity contribution in [3.63, 3.8) is 0 Å². The van der Waals surface area contributed by atoms with Gasteiger partial charge in [0, 0.05) is 6.20 Å². The van der Waals surface area contributed by atoms with E-state index in [2.05, 4.69) is 31.4 Å². The van der Waals surface area contributed by atoms with E-state index >= 15 is 0 Å². The van der Waals surface area contributed by atoms with Gasteiger partial charge in [-0.1, -0.05) is 12.1 Å². The molecule has 0 saturated heterocycles. The van der Waals surface area contributed by atoms with Crippen LogP contribution in [0.2, 0.25) is 0 Å². The topological polar surface area (TPSA) is 121 Å². The second-order valence-corrected chi connectivity index (χ2v) is 7.95. The second-order valence-electron chi connectivity index (χ2n) is 7.10. The Kier molecular flexibility index (Phi) is 6.24. The number of benzene rings is 1. The Morgan fingerprint density at radius 2 is 1.97 bits per heavy atom. The number of nitro groups is 1. The van der Waals surface area contributed by atoms with Crippen LogP contribution in [0.5, 0.6) is 0 Å². The lowest BCUT2D eigenvalue weighted by Gasteiger charge is -2.08. The fourth-order valence-corrected chi connectivity index (χ4v) is 3.54. The SMILES string of the molecule is O=C(Nc1cnn(Cc2cccc(C(F)(F)F)c2)c1)c1ccc(Cn2cc(Br)c([N+](=O)[O-])n2)o1. The summed E-state index contributed by atoms with van der Waals surface area (Å²) >= 11 is 3.05. The van der Waals surface area contributed by atoms with E-state index in [9.17, 15) is 28.1 Å². The average molecular weight is 539 g/mol. The predicted octanol–water partition coefficient (Wildman–Crippen LogP) is 4.71. The van der Waals surface area contributed by atoms with E-state index in [0.717, 1.165) is 12.1 Å². The van der Waals surface area contributed by atoms with Crippen molar-refractivity contribution in [2.75, 3.05) is 5.32 Å². The van der Waals surface area contributed by atoms with Gasteiger partial charge in [-0.3, -0.25) is 9.48 Å². The average Bonchev–Trinajstić information content (AvgIpc) is 3.48. The number of halogens is 4. The largest absolute Gasteiger partial charge is 0.454 e. The van der Waals surface area contributed by atoms with E-state index in [1.165, 1.54) is 46.2 Å². The first kappa shape index (κ1) is 23.2. The van der Waals surface area contributed by atoms with Crippen molar-refractivity contribution in [1.29, 1.82) is 0 Å². The molecule has 1 N–H and O–H groups in total. The monoisotopic (exact) mass is 538 g/mol. The van der Waals surface area contributed by atoms with E-state index in [1.54, 1.807) is 6.07 Å². The minimum atomic E-state index is -4.44. The zero-order valence-corrected chi connectivity index (χ0v) is 18.6. The first-order chi connectivity index (χ1) is 16.1. The van der Waals surface area contributed by atoms with Crippen LogP contribution < -0.4 is 5.32 Å². The summed E-state index contributed by atoms with van der Waals surface area (Å²) in [7, 11) is 0. The van der Waals surface area contributed by atoms with Crippen LogP contribution in [0.15, 0.2) is 63.9 Å². The maximum absolute atomic E-state index is 12.9. The minimum absolute atomic E-state index is 0.0126. The molecular weight excluding hydrogens is 525 g/mol. The summed E-state index contributed by atoms with van der Waals surface area (Å²) in [6.45, 7) is 0.144. The van der Waals surface area contributed by atoms with Crippen LogP contribution in [-0.2, 0) is 19.3 Å². The third-order valence-corrected chi connectivity index (χ3v) is 5.12. The number of alkyl halides is 3. The molecule has 3 heterocycles. The molecule has 0 unspecified atom stereocenters. The number of aromatic nitrogens is 4. The zero-order chi connectivity index (χ0) is 24.5. The molecule has 0 saturated carbocycles. The van der Waals surface area contributed by atoms with Gasteiger partial charge in [0.05, 0.1) is 35.3 Å². The molecule has 0 atom stereocenters. The van der Waals surface area contributed by atoms with Crippen LogP contribution in [-0.4, -0.2) is 30.4 Å². The van der Waals surface area contributed by atoms with Gasteiger partial charge in [0.2, 0.25) is 0 Å². The van der Waals surface area contributed by atoms with Gasteiger partial charge < -0.3 is 19.8 Å². The molecule has 0 fully saturated rings. The summed E-state index contributed by atoms with van der Waals surface area (Å²) in [6.07, 6.45) is -0.193. The Bertz CT molecular complexity index is 1360. The van der Waals surface area contributed by atoms with Crippen molar-refractivity contribution >= 4 is 33.3 Å². The fourth-order valence-electron chi connectivity index (χ4n) is 3.08. The van der Waals surface area contributed by atoms with Crippen molar-refractivity contribution in [3.8, 4) is 0 Å². The number of anilines is 1. The van der Waals surface area contributed by atoms with E-state index < -0.39 is 22.6 Å². The maximum Gasteiger partial charge on any atom is 0.416 e. The van der Waals surface area contributed by atoms with Gasteiger partial charge in [0.25, 0.3) is 5.91 Å². The molecule has 0 spiro atoms. The second kappa shape index (κ2) is 9.13. The van der Waals surface area contributed by atoms with Gasteiger partial charge >= 0.3 is 12.0 Å². The highest BCUT2D eigenvalue weighted by atomic mass is 79.9. The summed E-state index contributed by atoms with van der Waals surface area (Å²) in [5, 5.41) is 21.3. The van der Waals surface area contributed by atoms with Crippen molar-refractivity contribution in [2.45, 2.75) is 19.3 Å². The predicted molar refractivity (Wildman–Crippen MR) is 115 cm³/mol. The molecule has 4 rings (SSSR count). The molecule has 0 aliphatic carbocycles. The summed E-state index contributed by atoms with van der Waals surface area (Å²) < 4.78 is 47.0. The molecule has 10 nitrogen and oxygen atoms in total. The Morgan fingerprint density at radius 1 is 1.18 bits per heavy atom. The molecule has 34 heavy (non-hydrogen) atoms. The van der Waals surface area contributed by atoms with E-state index in [-0.39, 0.29) is 29.1 Å². The molecule has 176 valence electrons. The molecule has 3 aromatic heterocycles. The molecule has 0 aliphatic rings. The summed E-state index contributed by atoms with van der Waals surface area (Å²) in [6, 6.07) is 7.86. The smallest absolute Gasteiger partial charge is 0.416 e. The Hall–Kier alpha value is -3.94. The number of carbonyl (C=O) groups is 1. The Labute approximate surface area is 197 Å². The maximum atomic E-state index is 12.9. The van der Waals surface area contributed by atoms with Crippen LogP contribution in [0.25, 0.3) is 0 Å². The van der Waals surface area contributed by atoms with Gasteiger partial charge in [-0.25, -0.2) is 0 Å². The van der Waals surface area contributed by atoms with Crippen molar-refractivity contribution < 1.29 is 27.3 Å². The number of nitrogens with one attached hydrogen (secondary N) is 1. The Morgan fingerprint density at radius 3 is 2.68 bits per heavy atom. The lowest BCUT2D eigenvalue weighted by atomic mass is 10.1. The number of hydrogen-bond donors (Lipinski definition) is 1. The van der Waals surface area contributed by atoms with E-state index in [4.69, 9.17) is 4.42 Å². The number of carbonyl (C=O) groups excluding carboxylic acids is 1. The summed E-state index contributed by atoms with van der Waals surface area (Å²) in [4.78, 5) is 22.7. The van der Waals surface area contributed by atoms with Crippen molar-refractivity contribution in [1.82, 2.24) is 19.6 Å². The lowest BCUT2D eigenvalue weighted by molar-refractivity contribution is -0.390. The number of rotatable bonds is 7. The summed E-state index contributed by atoms with van der Waals surface area (Å²) in [5.41, 5.74) is -0.0325. The lowest BCUT2D eigenvalue weighted by Crippen LogP contribution is -2.10. The molecule has 0 aliphatic heterocycles. The van der Waals surface area contributed by atoms with E-state index in [0.29, 0.717) is 17.0 Å². The molecule has 1 amide bonds. The van der Waals surface area contributed by atoms with Crippen LogP contribution in [0.1, 0.15) is 27.4 Å². The minimum Gasteiger partial charge on any atom is -0.454 e. The van der Waals surface area contributed by atoms with Gasteiger partial charge in [0.15, 0.2) is 5.76 Å². The Balaban J connectivity index is 1.38. The van der Waals surface area contributed by atoms with Gasteiger partial charge in [-0.05, 0) is 50.7 Å². The van der Waals surface area contributed by atoms with Crippen LogP contribution in [0.4, 0.5) is 24.7 Å². The highest BCUT2D eigenvalue weighted by Crippen LogP contribution is 2.29. The quantitative estimate of drug-likeness (QED) is 0.268. The molecule has 1 aromatic carbocycles. The number of furan rings is 1. The van der Waals surface area contributed by atoms with E-state index in [1.807, 2.05) is 0 Å². The number of hydrogen-bond acceptors (Lipinski definition) is 6. The molecule has 4 aromatic rings. The molecule has 0 bridgehead atoms. The third-order valence-electron chi connectivity index (χ3n) is 4.57. The van der Waals surface area contributed by atoms with Crippen LogP contribution in [0, 0.1) is 10.1 Å². The summed E-state index contributed by atoms with van der Waals surface area (Å²) in [5.74, 6) is -0.583. The third kappa shape index (κ3) is 5.33. The van der Waals surface area contributed by atoms with Crippen LogP contribution >= 0.6 is 15.9 Å². The first-order valence-corrected chi connectivity index (χ1v) is 10.3. The number of amides is 1. The standard InChI is InChI=1S/C20H14BrF3N6O4/c21-16-11-29(27-18(16)30(32)33)10-15-4-5-17(34-15)19(31)26-14-7-25-28(9-14)8-12-2-1-3-13(6-12)20(22,23)24/h1-7,9,11H,8,10H2,(H,26,31). The first-order valence-electron chi connectivity index (χ1n) is 9.54. The van der Waals surface area contributed by atoms with Gasteiger partial charge in [-0.15, -0.1) is 0 Å². The van der Waals surface area contributed by atoms with Crippen molar-refractivity contribution in [2.24, 2.45) is 0 Å². The normalized spacial score (nSPS) is 11.5. The molecule has 0 radical (unpaired) electrons. The van der Waals surface area contributed by atoms with Gasteiger partial charge in [0.1, 0.15) is 16.8 Å². The fraction of sp³-hybridized carbons (Fsp3) is 0.150. The van der Waals surface area contributed by atoms with Gasteiger partial charge in [-0.2, -0.15) is 23.0 Å². The molecule has 14 heteroatoms. The van der Waals surface area contributed by atoms with Crippen LogP contribution in [0.3, 0.4) is 0 Å². The molecular formula is C20H14BrF3N6O4. The number of nitrogens with zero attached hydrogens (tertiary/aromatic N) is 5. The highest BCUT2D eigenvalue weighted by Gasteiger charge is 2.30.